The van der Waals surface area contributed by atoms with Crippen LogP contribution in [0.15, 0.2) is 23.6 Å². The maximum absolute atomic E-state index is 15.1. The summed E-state index contributed by atoms with van der Waals surface area (Å²) in [5, 5.41) is 9.85. The van der Waals surface area contributed by atoms with Gasteiger partial charge in [-0.2, -0.15) is 5.10 Å². The summed E-state index contributed by atoms with van der Waals surface area (Å²) in [7, 11) is 2.11. The Morgan fingerprint density at radius 1 is 1.21 bits per heavy atom. The third kappa shape index (κ3) is 4.19. The van der Waals surface area contributed by atoms with Gasteiger partial charge in [0.05, 0.1) is 28.6 Å². The summed E-state index contributed by atoms with van der Waals surface area (Å²) in [6.07, 6.45) is 3.36. The summed E-state index contributed by atoms with van der Waals surface area (Å²) in [4.78, 5) is 5.46. The summed E-state index contributed by atoms with van der Waals surface area (Å²) in [6, 6.07) is 5.82. The number of hydrogen-bond donors (Lipinski definition) is 1. The maximum Gasteiger partial charge on any atom is 0.147 e. The van der Waals surface area contributed by atoms with E-state index in [-0.39, 0.29) is 5.82 Å². The van der Waals surface area contributed by atoms with Crippen molar-refractivity contribution in [2.45, 2.75) is 19.3 Å². The summed E-state index contributed by atoms with van der Waals surface area (Å²) in [5.74, 6) is 6.93. The molecule has 3 aliphatic rings. The lowest BCUT2D eigenvalue weighted by Gasteiger charge is -2.34. The Labute approximate surface area is 197 Å². The first-order valence-electron chi connectivity index (χ1n) is 11.6. The normalized spacial score (nSPS) is 17.6. The highest BCUT2D eigenvalue weighted by Gasteiger charge is 2.28. The molecule has 3 heterocycles. The van der Waals surface area contributed by atoms with Crippen LogP contribution >= 0.6 is 11.3 Å². The van der Waals surface area contributed by atoms with Gasteiger partial charge in [-0.05, 0) is 49.6 Å². The minimum Gasteiger partial charge on any atom is -0.368 e. The van der Waals surface area contributed by atoms with Crippen LogP contribution in [0.1, 0.15) is 28.8 Å². The molecule has 1 saturated carbocycles. The van der Waals surface area contributed by atoms with Gasteiger partial charge in [-0.25, -0.2) is 4.39 Å². The van der Waals surface area contributed by atoms with Crippen LogP contribution in [-0.4, -0.2) is 61.5 Å². The first kappa shape index (κ1) is 20.9. The van der Waals surface area contributed by atoms with Gasteiger partial charge in [0.2, 0.25) is 0 Å². The second kappa shape index (κ2) is 8.60. The highest BCUT2D eigenvalue weighted by Crippen LogP contribution is 2.43. The van der Waals surface area contributed by atoms with Crippen LogP contribution in [0.2, 0.25) is 0 Å². The van der Waals surface area contributed by atoms with E-state index >= 15 is 4.39 Å². The highest BCUT2D eigenvalue weighted by atomic mass is 32.1. The zero-order valence-electron chi connectivity index (χ0n) is 18.8. The van der Waals surface area contributed by atoms with E-state index in [1.54, 1.807) is 17.4 Å². The number of thiophene rings is 1. The average Bonchev–Trinajstić information content (AvgIpc) is 3.21. The van der Waals surface area contributed by atoms with Crippen LogP contribution in [-0.2, 0) is 11.2 Å². The molecule has 0 radical (unpaired) electrons. The number of nitrogens with zero attached hydrogens (tertiary/aromatic N) is 3. The van der Waals surface area contributed by atoms with Gasteiger partial charge in [0.15, 0.2) is 0 Å². The lowest BCUT2D eigenvalue weighted by molar-refractivity contribution is 0.156. The van der Waals surface area contributed by atoms with Crippen molar-refractivity contribution in [2.24, 2.45) is 5.92 Å². The quantitative estimate of drug-likeness (QED) is 0.353. The van der Waals surface area contributed by atoms with E-state index in [9.17, 15) is 0 Å². The van der Waals surface area contributed by atoms with Crippen molar-refractivity contribution in [3.63, 3.8) is 0 Å². The van der Waals surface area contributed by atoms with Crippen molar-refractivity contribution in [1.82, 2.24) is 15.1 Å². The number of piperazine rings is 1. The van der Waals surface area contributed by atoms with Gasteiger partial charge in [-0.1, -0.05) is 11.8 Å². The number of H-pyrrole nitrogens is 1. The van der Waals surface area contributed by atoms with Gasteiger partial charge in [0.25, 0.3) is 0 Å². The largest absolute Gasteiger partial charge is 0.368 e. The number of halogens is 1. The van der Waals surface area contributed by atoms with E-state index in [1.165, 1.54) is 18.4 Å². The number of ether oxygens (including phenoxy) is 1. The lowest BCUT2D eigenvalue weighted by atomic mass is 10.1. The molecule has 6 rings (SSSR count). The first-order chi connectivity index (χ1) is 16.2. The fourth-order valence-corrected chi connectivity index (χ4v) is 5.43. The molecule has 170 valence electrons. The second-order valence-electron chi connectivity index (χ2n) is 9.31. The smallest absolute Gasteiger partial charge is 0.147 e. The molecule has 0 bridgehead atoms. The van der Waals surface area contributed by atoms with Crippen molar-refractivity contribution in [1.29, 1.82) is 0 Å². The third-order valence-corrected chi connectivity index (χ3v) is 7.68. The monoisotopic (exact) mass is 462 g/mol. The third-order valence-electron chi connectivity index (χ3n) is 6.83. The van der Waals surface area contributed by atoms with E-state index < -0.39 is 0 Å². The molecule has 1 aliphatic heterocycles. The summed E-state index contributed by atoms with van der Waals surface area (Å²) in [6.45, 7) is 4.95. The summed E-state index contributed by atoms with van der Waals surface area (Å²) in [5.41, 5.74) is 6.91. The molecule has 2 aliphatic carbocycles. The standard InChI is InChI=1S/C26H27FN4OS/c1-30-6-8-31(9-7-30)24-13-18-12-22-25(28-29-26(22)21(18)14-23(24)27)19-11-20(33-16-19)3-2-10-32-15-17-4-5-17/h11,13-14,16-17H,4-10,12,15H2,1H3,(H,28,29). The van der Waals surface area contributed by atoms with Gasteiger partial charge in [0.1, 0.15) is 12.4 Å². The molecule has 1 aromatic carbocycles. The molecule has 3 aromatic rings. The van der Waals surface area contributed by atoms with Gasteiger partial charge in [-0.15, -0.1) is 11.3 Å². The molecule has 1 saturated heterocycles. The minimum atomic E-state index is -0.153. The molecule has 7 heteroatoms. The predicted octanol–water partition coefficient (Wildman–Crippen LogP) is 4.38. The van der Waals surface area contributed by atoms with E-state index in [1.807, 2.05) is 6.07 Å². The SMILES string of the molecule is CN1CCN(c2cc3c(cc2F)-c2[nH]nc(-c4csc(C#CCOCC5CC5)c4)c2C3)CC1. The lowest BCUT2D eigenvalue weighted by Crippen LogP contribution is -2.44. The molecule has 0 spiro atoms. The van der Waals surface area contributed by atoms with Gasteiger partial charge >= 0.3 is 0 Å². The van der Waals surface area contributed by atoms with Crippen molar-refractivity contribution in [3.8, 4) is 34.4 Å². The van der Waals surface area contributed by atoms with E-state index in [0.29, 0.717) is 6.61 Å². The van der Waals surface area contributed by atoms with Crippen LogP contribution in [0.4, 0.5) is 10.1 Å². The number of hydrogen-bond acceptors (Lipinski definition) is 5. The van der Waals surface area contributed by atoms with Crippen LogP contribution in [0.25, 0.3) is 22.5 Å². The molecular formula is C26H27FN4OS. The molecule has 33 heavy (non-hydrogen) atoms. The van der Waals surface area contributed by atoms with E-state index in [0.717, 1.165) is 83.8 Å². The maximum atomic E-state index is 15.1. The number of nitrogens with one attached hydrogen (secondary N) is 1. The molecule has 0 amide bonds. The molecule has 0 unspecified atom stereocenters. The number of benzene rings is 1. The zero-order chi connectivity index (χ0) is 22.4. The summed E-state index contributed by atoms with van der Waals surface area (Å²) < 4.78 is 20.7. The Balaban J connectivity index is 1.20. The zero-order valence-corrected chi connectivity index (χ0v) is 19.6. The first-order valence-corrected chi connectivity index (χ1v) is 12.5. The van der Waals surface area contributed by atoms with Crippen molar-refractivity contribution in [3.05, 3.63) is 45.4 Å². The summed E-state index contributed by atoms with van der Waals surface area (Å²) >= 11 is 1.62. The van der Waals surface area contributed by atoms with Crippen molar-refractivity contribution >= 4 is 17.0 Å². The Morgan fingerprint density at radius 3 is 2.88 bits per heavy atom. The molecule has 5 nitrogen and oxygen atoms in total. The van der Waals surface area contributed by atoms with E-state index in [4.69, 9.17) is 4.74 Å². The fourth-order valence-electron chi connectivity index (χ4n) is 4.67. The molecule has 2 fully saturated rings. The van der Waals surface area contributed by atoms with Gasteiger partial charge < -0.3 is 14.5 Å². The average molecular weight is 463 g/mol. The van der Waals surface area contributed by atoms with Crippen LogP contribution in [0.3, 0.4) is 0 Å². The van der Waals surface area contributed by atoms with Crippen molar-refractivity contribution < 1.29 is 9.13 Å². The number of aromatic amines is 1. The topological polar surface area (TPSA) is 44.4 Å². The Kier molecular flexibility index (Phi) is 5.45. The second-order valence-corrected chi connectivity index (χ2v) is 10.2. The Morgan fingerprint density at radius 2 is 2.06 bits per heavy atom. The molecule has 1 N–H and O–H groups in total. The van der Waals surface area contributed by atoms with Crippen LogP contribution < -0.4 is 4.90 Å². The molecular weight excluding hydrogens is 435 g/mol. The molecule has 0 atom stereocenters. The number of likely N-dealkylation sites (N-methyl/N-ethyl adjacent to an activating group) is 1. The Hall–Kier alpha value is -2.66. The highest BCUT2D eigenvalue weighted by molar-refractivity contribution is 7.11. The number of aromatic nitrogens is 2. The van der Waals surface area contributed by atoms with Crippen molar-refractivity contribution in [2.75, 3.05) is 51.3 Å². The van der Waals surface area contributed by atoms with Gasteiger partial charge in [-0.3, -0.25) is 5.10 Å². The van der Waals surface area contributed by atoms with Gasteiger partial charge in [0, 0.05) is 54.7 Å². The number of fused-ring (bicyclic) bond motifs is 3. The molecule has 2 aromatic heterocycles. The number of anilines is 1. The Bertz CT molecular complexity index is 1240. The minimum absolute atomic E-state index is 0.153. The number of rotatable bonds is 5. The van der Waals surface area contributed by atoms with Crippen LogP contribution in [0.5, 0.6) is 0 Å². The predicted molar refractivity (Wildman–Crippen MR) is 130 cm³/mol. The van der Waals surface area contributed by atoms with E-state index in [2.05, 4.69) is 50.3 Å². The van der Waals surface area contributed by atoms with Crippen LogP contribution in [0, 0.1) is 23.6 Å². The fraction of sp³-hybridized carbons (Fsp3) is 0.423.